The van der Waals surface area contributed by atoms with Crippen LogP contribution in [0.4, 0.5) is 5.69 Å². The number of likely N-dealkylation sites (N-methyl/N-ethyl adjacent to an activating group) is 1. The first-order valence-corrected chi connectivity index (χ1v) is 6.91. The molecule has 0 saturated carbocycles. The standard InChI is InChI=1S/C13H18BrN3O/c1-17-7-6-10(9-17)15-8-13(18)16-12-5-3-2-4-11(12)14/h2-5,10,15H,6-9H2,1H3,(H,16,18). The number of para-hydroxylation sites is 1. The van der Waals surface area contributed by atoms with Gasteiger partial charge in [-0.1, -0.05) is 12.1 Å². The molecule has 98 valence electrons. The molecule has 0 spiro atoms. The van der Waals surface area contributed by atoms with Crippen LogP contribution in [0, 0.1) is 0 Å². The number of carbonyl (C=O) groups is 1. The van der Waals surface area contributed by atoms with Gasteiger partial charge in [-0.05, 0) is 48.1 Å². The van der Waals surface area contributed by atoms with E-state index in [4.69, 9.17) is 0 Å². The summed E-state index contributed by atoms with van der Waals surface area (Å²) in [6.45, 7) is 2.48. The molecular formula is C13H18BrN3O. The molecule has 1 heterocycles. The minimum atomic E-state index is -0.00328. The summed E-state index contributed by atoms with van der Waals surface area (Å²) in [7, 11) is 2.10. The zero-order chi connectivity index (χ0) is 13.0. The van der Waals surface area contributed by atoms with Gasteiger partial charge in [0.2, 0.25) is 5.91 Å². The molecule has 2 N–H and O–H groups in total. The van der Waals surface area contributed by atoms with Crippen molar-refractivity contribution in [3.05, 3.63) is 28.7 Å². The van der Waals surface area contributed by atoms with Crippen LogP contribution in [0.1, 0.15) is 6.42 Å². The zero-order valence-corrected chi connectivity index (χ0v) is 12.0. The number of nitrogens with one attached hydrogen (secondary N) is 2. The number of rotatable bonds is 4. The van der Waals surface area contributed by atoms with Crippen molar-refractivity contribution in [3.8, 4) is 0 Å². The van der Waals surface area contributed by atoms with E-state index >= 15 is 0 Å². The van der Waals surface area contributed by atoms with Crippen LogP contribution < -0.4 is 10.6 Å². The molecule has 1 aliphatic rings. The van der Waals surface area contributed by atoms with Crippen LogP contribution in [-0.4, -0.2) is 43.5 Å². The summed E-state index contributed by atoms with van der Waals surface area (Å²) in [5.41, 5.74) is 0.813. The van der Waals surface area contributed by atoms with Crippen LogP contribution in [0.15, 0.2) is 28.7 Å². The van der Waals surface area contributed by atoms with Crippen molar-refractivity contribution < 1.29 is 4.79 Å². The SMILES string of the molecule is CN1CCC(NCC(=O)Nc2ccccc2Br)C1. The maximum atomic E-state index is 11.8. The summed E-state index contributed by atoms with van der Waals surface area (Å²) in [6.07, 6.45) is 1.11. The molecule has 0 radical (unpaired) electrons. The Morgan fingerprint density at radius 2 is 2.28 bits per heavy atom. The first-order chi connectivity index (χ1) is 8.65. The third-order valence-corrected chi connectivity index (χ3v) is 3.78. The molecule has 2 rings (SSSR count). The normalized spacial score (nSPS) is 20.0. The second-order valence-corrected chi connectivity index (χ2v) is 5.51. The van der Waals surface area contributed by atoms with E-state index in [9.17, 15) is 4.79 Å². The van der Waals surface area contributed by atoms with E-state index in [1.54, 1.807) is 0 Å². The van der Waals surface area contributed by atoms with Gasteiger partial charge >= 0.3 is 0 Å². The van der Waals surface area contributed by atoms with Gasteiger partial charge in [-0.2, -0.15) is 0 Å². The van der Waals surface area contributed by atoms with Crippen LogP contribution in [0.2, 0.25) is 0 Å². The molecule has 0 aliphatic carbocycles. The van der Waals surface area contributed by atoms with Gasteiger partial charge in [0.05, 0.1) is 12.2 Å². The van der Waals surface area contributed by atoms with Gasteiger partial charge in [-0.15, -0.1) is 0 Å². The highest BCUT2D eigenvalue weighted by Crippen LogP contribution is 2.20. The third kappa shape index (κ3) is 3.80. The van der Waals surface area contributed by atoms with E-state index in [2.05, 4.69) is 38.5 Å². The quantitative estimate of drug-likeness (QED) is 0.889. The van der Waals surface area contributed by atoms with Crippen LogP contribution in [-0.2, 0) is 4.79 Å². The number of benzene rings is 1. The van der Waals surface area contributed by atoms with Gasteiger partial charge in [0.1, 0.15) is 0 Å². The fraction of sp³-hybridized carbons (Fsp3) is 0.462. The highest BCUT2D eigenvalue weighted by atomic mass is 79.9. The molecule has 0 bridgehead atoms. The van der Waals surface area contributed by atoms with Crippen LogP contribution in [0.25, 0.3) is 0 Å². The zero-order valence-electron chi connectivity index (χ0n) is 10.4. The highest BCUT2D eigenvalue weighted by Gasteiger charge is 2.19. The average Bonchev–Trinajstić information content (AvgIpc) is 2.76. The summed E-state index contributed by atoms with van der Waals surface area (Å²) in [5.74, 6) is -0.00328. The van der Waals surface area contributed by atoms with Crippen molar-refractivity contribution in [2.75, 3.05) is 32.0 Å². The minimum Gasteiger partial charge on any atom is -0.324 e. The topological polar surface area (TPSA) is 44.4 Å². The van der Waals surface area contributed by atoms with Crippen molar-refractivity contribution in [1.29, 1.82) is 0 Å². The van der Waals surface area contributed by atoms with Gasteiger partial charge in [0.15, 0.2) is 0 Å². The Labute approximate surface area is 116 Å². The Hall–Kier alpha value is -0.910. The molecule has 1 saturated heterocycles. The molecule has 1 aliphatic heterocycles. The molecule has 1 fully saturated rings. The lowest BCUT2D eigenvalue weighted by molar-refractivity contribution is -0.115. The number of nitrogens with zero attached hydrogens (tertiary/aromatic N) is 1. The van der Waals surface area contributed by atoms with E-state index in [0.29, 0.717) is 12.6 Å². The van der Waals surface area contributed by atoms with Gasteiger partial charge in [-0.25, -0.2) is 0 Å². The van der Waals surface area contributed by atoms with E-state index in [0.717, 1.165) is 29.7 Å². The van der Waals surface area contributed by atoms with E-state index < -0.39 is 0 Å². The fourth-order valence-electron chi connectivity index (χ4n) is 2.10. The monoisotopic (exact) mass is 311 g/mol. The summed E-state index contributed by atoms with van der Waals surface area (Å²) in [6, 6.07) is 8.05. The smallest absolute Gasteiger partial charge is 0.238 e. The van der Waals surface area contributed by atoms with E-state index in [-0.39, 0.29) is 5.91 Å². The number of anilines is 1. The van der Waals surface area contributed by atoms with Crippen molar-refractivity contribution in [3.63, 3.8) is 0 Å². The Balaban J connectivity index is 1.77. The van der Waals surface area contributed by atoms with Gasteiger partial charge in [0, 0.05) is 17.1 Å². The largest absolute Gasteiger partial charge is 0.324 e. The summed E-state index contributed by atoms with van der Waals surface area (Å²) >= 11 is 3.41. The molecule has 0 aromatic heterocycles. The molecule has 1 aromatic carbocycles. The third-order valence-electron chi connectivity index (χ3n) is 3.09. The molecule has 4 nitrogen and oxygen atoms in total. The Morgan fingerprint density at radius 1 is 1.50 bits per heavy atom. The second kappa shape index (κ2) is 6.31. The Morgan fingerprint density at radius 3 is 2.94 bits per heavy atom. The Bertz CT molecular complexity index is 424. The molecule has 5 heteroatoms. The molecule has 1 unspecified atom stereocenters. The lowest BCUT2D eigenvalue weighted by Crippen LogP contribution is -2.37. The number of halogens is 1. The lowest BCUT2D eigenvalue weighted by Gasteiger charge is -2.13. The van der Waals surface area contributed by atoms with Crippen LogP contribution in [0.5, 0.6) is 0 Å². The van der Waals surface area contributed by atoms with Crippen molar-refractivity contribution in [1.82, 2.24) is 10.2 Å². The summed E-state index contributed by atoms with van der Waals surface area (Å²) < 4.78 is 0.902. The molecule has 1 amide bonds. The summed E-state index contributed by atoms with van der Waals surface area (Å²) in [4.78, 5) is 14.1. The Kier molecular flexibility index (Phi) is 4.74. The number of hydrogen-bond donors (Lipinski definition) is 2. The van der Waals surface area contributed by atoms with Crippen LogP contribution in [0.3, 0.4) is 0 Å². The van der Waals surface area contributed by atoms with Gasteiger partial charge in [-0.3, -0.25) is 4.79 Å². The van der Waals surface area contributed by atoms with Crippen molar-refractivity contribution in [2.24, 2.45) is 0 Å². The molecular weight excluding hydrogens is 294 g/mol. The second-order valence-electron chi connectivity index (χ2n) is 4.66. The first-order valence-electron chi connectivity index (χ1n) is 6.11. The van der Waals surface area contributed by atoms with Crippen molar-refractivity contribution >= 4 is 27.5 Å². The number of amides is 1. The van der Waals surface area contributed by atoms with Crippen molar-refractivity contribution in [2.45, 2.75) is 12.5 Å². The highest BCUT2D eigenvalue weighted by molar-refractivity contribution is 9.10. The lowest BCUT2D eigenvalue weighted by atomic mass is 10.2. The maximum absolute atomic E-state index is 11.8. The average molecular weight is 312 g/mol. The van der Waals surface area contributed by atoms with Gasteiger partial charge in [0.25, 0.3) is 0 Å². The number of hydrogen-bond acceptors (Lipinski definition) is 3. The maximum Gasteiger partial charge on any atom is 0.238 e. The predicted molar refractivity (Wildman–Crippen MR) is 76.7 cm³/mol. The van der Waals surface area contributed by atoms with Gasteiger partial charge < -0.3 is 15.5 Å². The molecule has 18 heavy (non-hydrogen) atoms. The summed E-state index contributed by atoms with van der Waals surface area (Å²) in [5, 5.41) is 6.17. The van der Waals surface area contributed by atoms with E-state index in [1.807, 2.05) is 24.3 Å². The minimum absolute atomic E-state index is 0.00328. The fourth-order valence-corrected chi connectivity index (χ4v) is 2.48. The predicted octanol–water partition coefficient (Wildman–Crippen LogP) is 1.68. The van der Waals surface area contributed by atoms with E-state index in [1.165, 1.54) is 0 Å². The van der Waals surface area contributed by atoms with Crippen LogP contribution >= 0.6 is 15.9 Å². The number of carbonyl (C=O) groups excluding carboxylic acids is 1. The molecule has 1 atom stereocenters. The first kappa shape index (κ1) is 13.5. The molecule has 1 aromatic rings. The number of likely N-dealkylation sites (tertiary alicyclic amines) is 1.